The number of amides is 1. The number of nitriles is 1. The predicted octanol–water partition coefficient (Wildman–Crippen LogP) is 3.96. The van der Waals surface area contributed by atoms with Crippen LogP contribution in [0.3, 0.4) is 0 Å². The summed E-state index contributed by atoms with van der Waals surface area (Å²) in [4.78, 5) is 12.1. The van der Waals surface area contributed by atoms with Crippen molar-refractivity contribution < 1.29 is 13.9 Å². The molecule has 0 bridgehead atoms. The van der Waals surface area contributed by atoms with E-state index in [1.807, 2.05) is 6.07 Å². The largest absolute Gasteiger partial charge is 0.453 e. The maximum atomic E-state index is 14.5. The summed E-state index contributed by atoms with van der Waals surface area (Å²) in [6.07, 6.45) is 2.27. The minimum atomic E-state index is -0.655. The Morgan fingerprint density at radius 1 is 1.21 bits per heavy atom. The molecule has 1 fully saturated rings. The fraction of sp³-hybridized carbons (Fsp3) is 0.300. The van der Waals surface area contributed by atoms with Crippen molar-refractivity contribution in [1.82, 2.24) is 9.62 Å². The smallest absolute Gasteiger partial charge is 0.253 e. The molecule has 3 N–H and O–H groups in total. The number of hydrogen-bond acceptors (Lipinski definition) is 7. The van der Waals surface area contributed by atoms with Gasteiger partial charge in [0.25, 0.3) is 5.91 Å². The predicted molar refractivity (Wildman–Crippen MR) is 113 cm³/mol. The van der Waals surface area contributed by atoms with Crippen LogP contribution in [0.15, 0.2) is 30.3 Å². The SMILES string of the molecule is CNC(=O)c1cc(Oc2c(F)ccc(NSN3CCCC3)c2C#N)ccc1NC. The lowest BCUT2D eigenvalue weighted by atomic mass is 10.1. The summed E-state index contributed by atoms with van der Waals surface area (Å²) in [5.41, 5.74) is 1.50. The molecule has 1 heterocycles. The molecule has 0 radical (unpaired) electrons. The summed E-state index contributed by atoms with van der Waals surface area (Å²) in [5, 5.41) is 15.1. The zero-order valence-corrected chi connectivity index (χ0v) is 17.0. The van der Waals surface area contributed by atoms with Gasteiger partial charge in [0.15, 0.2) is 11.6 Å². The van der Waals surface area contributed by atoms with Gasteiger partial charge in [0.05, 0.1) is 11.3 Å². The molecule has 0 aliphatic carbocycles. The van der Waals surface area contributed by atoms with Gasteiger partial charge in [0.2, 0.25) is 0 Å². The normalized spacial score (nSPS) is 13.6. The zero-order valence-electron chi connectivity index (χ0n) is 16.2. The highest BCUT2D eigenvalue weighted by atomic mass is 32.2. The van der Waals surface area contributed by atoms with Crippen molar-refractivity contribution in [3.05, 3.63) is 47.3 Å². The summed E-state index contributed by atoms with van der Waals surface area (Å²) in [6, 6.07) is 9.57. The van der Waals surface area contributed by atoms with Gasteiger partial charge >= 0.3 is 0 Å². The van der Waals surface area contributed by atoms with E-state index in [2.05, 4.69) is 19.7 Å². The Bertz CT molecular complexity index is 941. The van der Waals surface area contributed by atoms with Crippen LogP contribution < -0.4 is 20.1 Å². The number of carbonyl (C=O) groups is 1. The van der Waals surface area contributed by atoms with Crippen molar-refractivity contribution in [2.75, 3.05) is 37.2 Å². The molecule has 0 saturated carbocycles. The van der Waals surface area contributed by atoms with Gasteiger partial charge in [-0.15, -0.1) is 0 Å². The average Bonchev–Trinajstić information content (AvgIpc) is 3.27. The van der Waals surface area contributed by atoms with Crippen LogP contribution in [0, 0.1) is 17.1 Å². The van der Waals surface area contributed by atoms with Crippen molar-refractivity contribution in [2.45, 2.75) is 12.8 Å². The lowest BCUT2D eigenvalue weighted by Crippen LogP contribution is -2.19. The molecule has 9 heteroatoms. The van der Waals surface area contributed by atoms with E-state index in [-0.39, 0.29) is 23.0 Å². The molecule has 1 amide bonds. The van der Waals surface area contributed by atoms with E-state index in [1.165, 1.54) is 37.4 Å². The summed E-state index contributed by atoms with van der Waals surface area (Å²) in [5.74, 6) is -0.891. The molecule has 0 aromatic heterocycles. The number of nitrogens with zero attached hydrogens (tertiary/aromatic N) is 2. The monoisotopic (exact) mass is 415 g/mol. The number of anilines is 2. The molecule has 29 heavy (non-hydrogen) atoms. The maximum absolute atomic E-state index is 14.5. The van der Waals surface area contributed by atoms with E-state index in [4.69, 9.17) is 4.74 Å². The van der Waals surface area contributed by atoms with Crippen LogP contribution in [-0.2, 0) is 0 Å². The Labute approximate surface area is 173 Å². The lowest BCUT2D eigenvalue weighted by molar-refractivity contribution is 0.0963. The third-order valence-corrected chi connectivity index (χ3v) is 5.46. The molecule has 0 unspecified atom stereocenters. The van der Waals surface area contributed by atoms with Gasteiger partial charge in [-0.3, -0.25) is 4.79 Å². The third kappa shape index (κ3) is 4.72. The first-order valence-corrected chi connectivity index (χ1v) is 9.97. The number of rotatable bonds is 7. The Morgan fingerprint density at radius 3 is 2.59 bits per heavy atom. The van der Waals surface area contributed by atoms with E-state index >= 15 is 0 Å². The van der Waals surface area contributed by atoms with Gasteiger partial charge < -0.3 is 20.1 Å². The first-order valence-electron chi connectivity index (χ1n) is 9.19. The molecule has 7 nitrogen and oxygen atoms in total. The fourth-order valence-electron chi connectivity index (χ4n) is 2.99. The van der Waals surface area contributed by atoms with Gasteiger partial charge in [-0.05, 0) is 43.2 Å². The Morgan fingerprint density at radius 2 is 1.93 bits per heavy atom. The maximum Gasteiger partial charge on any atom is 0.253 e. The molecule has 1 aliphatic rings. The summed E-state index contributed by atoms with van der Waals surface area (Å²) in [7, 11) is 3.22. The number of halogens is 1. The van der Waals surface area contributed by atoms with Gasteiger partial charge in [0.1, 0.15) is 17.4 Å². The number of hydrogen-bond donors (Lipinski definition) is 3. The summed E-state index contributed by atoms with van der Waals surface area (Å²) < 4.78 is 25.5. The van der Waals surface area contributed by atoms with Crippen molar-refractivity contribution in [3.63, 3.8) is 0 Å². The van der Waals surface area contributed by atoms with Crippen LogP contribution in [-0.4, -0.2) is 37.4 Å². The highest BCUT2D eigenvalue weighted by Crippen LogP contribution is 2.35. The highest BCUT2D eigenvalue weighted by molar-refractivity contribution is 7.98. The van der Waals surface area contributed by atoms with E-state index in [0.717, 1.165) is 25.9 Å². The van der Waals surface area contributed by atoms with Gasteiger partial charge in [-0.1, -0.05) is 0 Å². The van der Waals surface area contributed by atoms with Gasteiger partial charge in [-0.2, -0.15) is 5.26 Å². The van der Waals surface area contributed by atoms with Crippen LogP contribution in [0.4, 0.5) is 15.8 Å². The van der Waals surface area contributed by atoms with E-state index in [9.17, 15) is 14.4 Å². The number of carbonyl (C=O) groups excluding carboxylic acids is 1. The van der Waals surface area contributed by atoms with Crippen LogP contribution in [0.5, 0.6) is 11.5 Å². The molecular formula is C20H22FN5O2S. The lowest BCUT2D eigenvalue weighted by Gasteiger charge is -2.17. The highest BCUT2D eigenvalue weighted by Gasteiger charge is 2.19. The Hall–Kier alpha value is -2.96. The first-order chi connectivity index (χ1) is 14.1. The van der Waals surface area contributed by atoms with Crippen molar-refractivity contribution in [1.29, 1.82) is 5.26 Å². The Balaban J connectivity index is 1.89. The van der Waals surface area contributed by atoms with Crippen molar-refractivity contribution >= 4 is 29.4 Å². The average molecular weight is 415 g/mol. The minimum Gasteiger partial charge on any atom is -0.453 e. The molecule has 1 aliphatic heterocycles. The number of ether oxygens (including phenoxy) is 1. The summed E-state index contributed by atoms with van der Waals surface area (Å²) >= 11 is 1.39. The fourth-order valence-corrected chi connectivity index (χ4v) is 3.83. The van der Waals surface area contributed by atoms with E-state index in [1.54, 1.807) is 19.2 Å². The van der Waals surface area contributed by atoms with E-state index < -0.39 is 5.82 Å². The molecule has 0 atom stereocenters. The molecular weight excluding hydrogens is 393 g/mol. The second kappa shape index (κ2) is 9.49. The molecule has 3 rings (SSSR count). The van der Waals surface area contributed by atoms with Crippen molar-refractivity contribution in [2.24, 2.45) is 0 Å². The van der Waals surface area contributed by atoms with Gasteiger partial charge in [-0.25, -0.2) is 8.70 Å². The first kappa shape index (κ1) is 20.8. The standard InChI is InChI=1S/C20H22FN5O2S/c1-23-17-7-5-13(11-14(17)20(27)24-2)28-19-15(12-22)18(8-6-16(19)21)25-29-26-9-3-4-10-26/h5-8,11,23,25H,3-4,9-10H2,1-2H3,(H,24,27). The van der Waals surface area contributed by atoms with Crippen LogP contribution in [0.2, 0.25) is 0 Å². The van der Waals surface area contributed by atoms with Crippen LogP contribution in [0.25, 0.3) is 0 Å². The quantitative estimate of drug-likeness (QED) is 0.590. The van der Waals surface area contributed by atoms with Gasteiger partial charge in [0, 0.05) is 45.0 Å². The molecule has 1 saturated heterocycles. The third-order valence-electron chi connectivity index (χ3n) is 4.52. The number of benzene rings is 2. The molecule has 2 aromatic rings. The minimum absolute atomic E-state index is 0.0656. The second-order valence-electron chi connectivity index (χ2n) is 6.38. The Kier molecular flexibility index (Phi) is 6.80. The van der Waals surface area contributed by atoms with Crippen LogP contribution >= 0.6 is 12.1 Å². The number of nitrogens with one attached hydrogen (secondary N) is 3. The topological polar surface area (TPSA) is 89.4 Å². The molecule has 2 aromatic carbocycles. The van der Waals surface area contributed by atoms with Crippen LogP contribution in [0.1, 0.15) is 28.8 Å². The van der Waals surface area contributed by atoms with E-state index in [0.29, 0.717) is 16.9 Å². The molecule has 0 spiro atoms. The van der Waals surface area contributed by atoms with Crippen molar-refractivity contribution in [3.8, 4) is 17.6 Å². The molecule has 152 valence electrons. The summed E-state index contributed by atoms with van der Waals surface area (Å²) in [6.45, 7) is 1.92. The second-order valence-corrected chi connectivity index (χ2v) is 7.28. The zero-order chi connectivity index (χ0) is 20.8.